The molecule has 0 atom stereocenters. The van der Waals surface area contributed by atoms with Crippen molar-refractivity contribution in [1.82, 2.24) is 5.32 Å². The normalized spacial score (nSPS) is 10.2. The molecule has 0 saturated heterocycles. The van der Waals surface area contributed by atoms with Crippen LogP contribution in [0.5, 0.6) is 0 Å². The Hall–Kier alpha value is -0.860. The van der Waals surface area contributed by atoms with E-state index in [2.05, 4.69) is 5.32 Å². The van der Waals surface area contributed by atoms with Crippen LogP contribution in [0.1, 0.15) is 40.0 Å². The van der Waals surface area contributed by atoms with E-state index in [0.29, 0.717) is 19.4 Å². The Labute approximate surface area is 79.9 Å². The van der Waals surface area contributed by atoms with Gasteiger partial charge in [-0.1, -0.05) is 20.8 Å². The van der Waals surface area contributed by atoms with Crippen molar-refractivity contribution >= 4 is 11.7 Å². The molecule has 0 spiro atoms. The monoisotopic (exact) mass is 185 g/mol. The standard InChI is InChI=1S/C10H19NO2/c1-4-7-11-10(13)6-5-9(12)8(2)3/h8H,4-7H2,1-3H3,(H,11,13). The predicted octanol–water partition coefficient (Wildman–Crippen LogP) is 1.52. The molecular formula is C10H19NO2. The van der Waals surface area contributed by atoms with E-state index in [1.165, 1.54) is 0 Å². The predicted molar refractivity (Wildman–Crippen MR) is 52.4 cm³/mol. The van der Waals surface area contributed by atoms with Gasteiger partial charge in [-0.3, -0.25) is 9.59 Å². The minimum atomic E-state index is -0.0177. The van der Waals surface area contributed by atoms with Gasteiger partial charge in [0, 0.05) is 25.3 Å². The molecule has 1 amide bonds. The quantitative estimate of drug-likeness (QED) is 0.682. The van der Waals surface area contributed by atoms with E-state index in [9.17, 15) is 9.59 Å². The van der Waals surface area contributed by atoms with Crippen molar-refractivity contribution in [1.29, 1.82) is 0 Å². The molecule has 3 heteroatoms. The van der Waals surface area contributed by atoms with E-state index in [1.54, 1.807) is 0 Å². The molecule has 1 N–H and O–H groups in total. The first-order valence-electron chi connectivity index (χ1n) is 4.87. The lowest BCUT2D eigenvalue weighted by molar-refractivity contribution is -0.126. The summed E-state index contributed by atoms with van der Waals surface area (Å²) in [6.45, 7) is 6.41. The van der Waals surface area contributed by atoms with Gasteiger partial charge in [-0.2, -0.15) is 0 Å². The van der Waals surface area contributed by atoms with Gasteiger partial charge >= 0.3 is 0 Å². The van der Waals surface area contributed by atoms with E-state index in [-0.39, 0.29) is 17.6 Å². The second-order valence-corrected chi connectivity index (χ2v) is 3.47. The molecule has 13 heavy (non-hydrogen) atoms. The Morgan fingerprint density at radius 2 is 1.85 bits per heavy atom. The van der Waals surface area contributed by atoms with Gasteiger partial charge in [0.05, 0.1) is 0 Å². The van der Waals surface area contributed by atoms with Gasteiger partial charge in [0.15, 0.2) is 0 Å². The van der Waals surface area contributed by atoms with Crippen LogP contribution in [-0.2, 0) is 9.59 Å². The molecule has 3 nitrogen and oxygen atoms in total. The average Bonchev–Trinajstić information content (AvgIpc) is 2.10. The van der Waals surface area contributed by atoms with Crippen LogP contribution in [0, 0.1) is 5.92 Å². The van der Waals surface area contributed by atoms with Crippen molar-refractivity contribution < 1.29 is 9.59 Å². The van der Waals surface area contributed by atoms with Crippen LogP contribution in [0.2, 0.25) is 0 Å². The first kappa shape index (κ1) is 12.1. The summed E-state index contributed by atoms with van der Waals surface area (Å²) in [6, 6.07) is 0. The fourth-order valence-electron chi connectivity index (χ4n) is 0.878. The first-order valence-corrected chi connectivity index (χ1v) is 4.87. The lowest BCUT2D eigenvalue weighted by Gasteiger charge is -2.04. The number of carbonyl (C=O) groups is 2. The summed E-state index contributed by atoms with van der Waals surface area (Å²) in [5.74, 6) is 0.182. The molecule has 0 aromatic carbocycles. The fraction of sp³-hybridized carbons (Fsp3) is 0.800. The summed E-state index contributed by atoms with van der Waals surface area (Å²) in [7, 11) is 0. The highest BCUT2D eigenvalue weighted by Gasteiger charge is 2.09. The molecule has 0 saturated carbocycles. The lowest BCUT2D eigenvalue weighted by atomic mass is 10.0. The maximum Gasteiger partial charge on any atom is 0.220 e. The van der Waals surface area contributed by atoms with Crippen LogP contribution >= 0.6 is 0 Å². The summed E-state index contributed by atoms with van der Waals surface area (Å²) in [5.41, 5.74) is 0. The van der Waals surface area contributed by atoms with Crippen LogP contribution < -0.4 is 5.32 Å². The summed E-state index contributed by atoms with van der Waals surface area (Å²) in [6.07, 6.45) is 1.63. The van der Waals surface area contributed by atoms with Crippen LogP contribution in [-0.4, -0.2) is 18.2 Å². The van der Waals surface area contributed by atoms with Crippen molar-refractivity contribution in [2.75, 3.05) is 6.54 Å². The van der Waals surface area contributed by atoms with E-state index < -0.39 is 0 Å². The van der Waals surface area contributed by atoms with Gasteiger partial charge in [0.1, 0.15) is 5.78 Å². The molecular weight excluding hydrogens is 166 g/mol. The maximum absolute atomic E-state index is 11.1. The molecule has 0 aromatic rings. The lowest BCUT2D eigenvalue weighted by Crippen LogP contribution is -2.24. The fourth-order valence-corrected chi connectivity index (χ4v) is 0.878. The van der Waals surface area contributed by atoms with Crippen molar-refractivity contribution in [2.45, 2.75) is 40.0 Å². The Kier molecular flexibility index (Phi) is 6.20. The number of hydrogen-bond donors (Lipinski definition) is 1. The number of hydrogen-bond acceptors (Lipinski definition) is 2. The smallest absolute Gasteiger partial charge is 0.220 e. The van der Waals surface area contributed by atoms with Gasteiger partial charge in [0.25, 0.3) is 0 Å². The number of ketones is 1. The zero-order valence-corrected chi connectivity index (χ0v) is 8.72. The third-order valence-corrected chi connectivity index (χ3v) is 1.81. The Bertz CT molecular complexity index is 176. The molecule has 0 aromatic heterocycles. The Morgan fingerprint density at radius 3 is 2.31 bits per heavy atom. The molecule has 0 aliphatic carbocycles. The van der Waals surface area contributed by atoms with Crippen molar-refractivity contribution in [2.24, 2.45) is 5.92 Å². The number of nitrogens with one attached hydrogen (secondary N) is 1. The molecule has 0 aliphatic rings. The van der Waals surface area contributed by atoms with Gasteiger partial charge in [-0.15, -0.1) is 0 Å². The van der Waals surface area contributed by atoms with Crippen molar-refractivity contribution in [3.8, 4) is 0 Å². The number of rotatable bonds is 6. The minimum Gasteiger partial charge on any atom is -0.356 e. The van der Waals surface area contributed by atoms with Gasteiger partial charge in [0.2, 0.25) is 5.91 Å². The zero-order valence-electron chi connectivity index (χ0n) is 8.72. The summed E-state index contributed by atoms with van der Waals surface area (Å²) >= 11 is 0. The molecule has 0 unspecified atom stereocenters. The number of carbonyl (C=O) groups excluding carboxylic acids is 2. The molecule has 0 heterocycles. The van der Waals surface area contributed by atoms with E-state index in [1.807, 2.05) is 20.8 Å². The highest BCUT2D eigenvalue weighted by molar-refractivity contribution is 5.85. The zero-order chi connectivity index (χ0) is 10.3. The maximum atomic E-state index is 11.1. The van der Waals surface area contributed by atoms with Crippen LogP contribution in [0.15, 0.2) is 0 Å². The molecule has 0 rings (SSSR count). The van der Waals surface area contributed by atoms with E-state index >= 15 is 0 Å². The highest BCUT2D eigenvalue weighted by atomic mass is 16.2. The van der Waals surface area contributed by atoms with Gasteiger partial charge in [-0.25, -0.2) is 0 Å². The second kappa shape index (κ2) is 6.63. The third kappa shape index (κ3) is 6.31. The molecule has 0 fully saturated rings. The van der Waals surface area contributed by atoms with Crippen LogP contribution in [0.25, 0.3) is 0 Å². The van der Waals surface area contributed by atoms with Gasteiger partial charge < -0.3 is 5.32 Å². The SMILES string of the molecule is CCCNC(=O)CCC(=O)C(C)C. The summed E-state index contributed by atoms with van der Waals surface area (Å²) in [5, 5.41) is 2.74. The first-order chi connectivity index (χ1) is 6.07. The Balaban J connectivity index is 3.52. The number of Topliss-reactive ketones (excluding diaryl/α,β-unsaturated/α-hetero) is 1. The van der Waals surface area contributed by atoms with Gasteiger partial charge in [-0.05, 0) is 6.42 Å². The molecule has 0 aliphatic heterocycles. The average molecular weight is 185 g/mol. The summed E-state index contributed by atoms with van der Waals surface area (Å²) < 4.78 is 0. The largest absolute Gasteiger partial charge is 0.356 e. The highest BCUT2D eigenvalue weighted by Crippen LogP contribution is 2.01. The molecule has 0 bridgehead atoms. The minimum absolute atomic E-state index is 0.0177. The second-order valence-electron chi connectivity index (χ2n) is 3.47. The Morgan fingerprint density at radius 1 is 1.23 bits per heavy atom. The van der Waals surface area contributed by atoms with Crippen LogP contribution in [0.3, 0.4) is 0 Å². The van der Waals surface area contributed by atoms with Crippen LogP contribution in [0.4, 0.5) is 0 Å². The molecule has 76 valence electrons. The third-order valence-electron chi connectivity index (χ3n) is 1.81. The van der Waals surface area contributed by atoms with Crippen molar-refractivity contribution in [3.63, 3.8) is 0 Å². The topological polar surface area (TPSA) is 46.2 Å². The van der Waals surface area contributed by atoms with Crippen molar-refractivity contribution in [3.05, 3.63) is 0 Å². The van der Waals surface area contributed by atoms with E-state index in [4.69, 9.17) is 0 Å². The molecule has 0 radical (unpaired) electrons. The summed E-state index contributed by atoms with van der Waals surface area (Å²) in [4.78, 5) is 22.2. The van der Waals surface area contributed by atoms with E-state index in [0.717, 1.165) is 6.42 Å². The number of amides is 1.